The van der Waals surface area contributed by atoms with Crippen molar-refractivity contribution in [2.45, 2.75) is 18.8 Å². The number of aliphatic hydroxyl groups excluding tert-OH is 1. The molecule has 2 heteroatoms. The summed E-state index contributed by atoms with van der Waals surface area (Å²) in [7, 11) is 0. The van der Waals surface area contributed by atoms with Crippen molar-refractivity contribution in [1.29, 1.82) is 0 Å². The molecule has 0 amide bonds. The summed E-state index contributed by atoms with van der Waals surface area (Å²) in [6, 6.07) is 8.37. The Balaban J connectivity index is 2.31. The SMILES string of the molecule is Cc1ccc([C@]2(CO)CCOC2)cc1. The van der Waals surface area contributed by atoms with Crippen LogP contribution in [-0.4, -0.2) is 24.9 Å². The van der Waals surface area contributed by atoms with Gasteiger partial charge in [0.2, 0.25) is 0 Å². The van der Waals surface area contributed by atoms with Crippen molar-refractivity contribution in [2.24, 2.45) is 0 Å². The Kier molecular flexibility index (Phi) is 2.57. The van der Waals surface area contributed by atoms with Crippen LogP contribution in [0.4, 0.5) is 0 Å². The van der Waals surface area contributed by atoms with Crippen LogP contribution < -0.4 is 0 Å². The first-order valence-electron chi connectivity index (χ1n) is 5.03. The second-order valence-corrected chi connectivity index (χ2v) is 4.11. The highest BCUT2D eigenvalue weighted by molar-refractivity contribution is 5.29. The van der Waals surface area contributed by atoms with Crippen molar-refractivity contribution in [3.05, 3.63) is 35.4 Å². The molecule has 14 heavy (non-hydrogen) atoms. The number of hydrogen-bond acceptors (Lipinski definition) is 2. The number of aliphatic hydroxyl groups is 1. The average molecular weight is 192 g/mol. The van der Waals surface area contributed by atoms with Gasteiger partial charge in [-0.25, -0.2) is 0 Å². The van der Waals surface area contributed by atoms with E-state index in [4.69, 9.17) is 4.74 Å². The standard InChI is InChI=1S/C12H16O2/c1-10-2-4-11(5-3-10)12(8-13)6-7-14-9-12/h2-5,13H,6-9H2,1H3/t12-/m0/s1. The molecule has 1 aliphatic rings. The first-order valence-corrected chi connectivity index (χ1v) is 5.03. The van der Waals surface area contributed by atoms with Gasteiger partial charge in [-0.1, -0.05) is 29.8 Å². The third-order valence-corrected chi connectivity index (χ3v) is 3.07. The lowest BCUT2D eigenvalue weighted by molar-refractivity contribution is 0.140. The van der Waals surface area contributed by atoms with E-state index in [-0.39, 0.29) is 12.0 Å². The fraction of sp³-hybridized carbons (Fsp3) is 0.500. The van der Waals surface area contributed by atoms with Crippen molar-refractivity contribution in [2.75, 3.05) is 19.8 Å². The molecule has 1 saturated heterocycles. The summed E-state index contributed by atoms with van der Waals surface area (Å²) in [5.74, 6) is 0. The van der Waals surface area contributed by atoms with Crippen molar-refractivity contribution >= 4 is 0 Å². The molecular formula is C12H16O2. The molecule has 0 unspecified atom stereocenters. The van der Waals surface area contributed by atoms with Crippen LogP contribution in [0.25, 0.3) is 0 Å². The fourth-order valence-electron chi connectivity index (χ4n) is 1.96. The Morgan fingerprint density at radius 3 is 2.57 bits per heavy atom. The summed E-state index contributed by atoms with van der Waals surface area (Å²) in [5.41, 5.74) is 2.30. The fourth-order valence-corrected chi connectivity index (χ4v) is 1.96. The Morgan fingerprint density at radius 1 is 1.36 bits per heavy atom. The molecule has 0 saturated carbocycles. The summed E-state index contributed by atoms with van der Waals surface area (Å²) in [6.07, 6.45) is 0.923. The van der Waals surface area contributed by atoms with E-state index in [0.29, 0.717) is 6.61 Å². The molecule has 1 aliphatic heterocycles. The van der Waals surface area contributed by atoms with Crippen LogP contribution in [0.1, 0.15) is 17.5 Å². The maximum atomic E-state index is 9.46. The highest BCUT2D eigenvalue weighted by Crippen LogP contribution is 2.32. The van der Waals surface area contributed by atoms with E-state index in [0.717, 1.165) is 13.0 Å². The van der Waals surface area contributed by atoms with Crippen LogP contribution in [0.15, 0.2) is 24.3 Å². The molecule has 76 valence electrons. The Labute approximate surface area is 84.5 Å². The number of ether oxygens (including phenoxy) is 1. The third-order valence-electron chi connectivity index (χ3n) is 3.07. The van der Waals surface area contributed by atoms with Crippen LogP contribution >= 0.6 is 0 Å². The molecule has 0 aliphatic carbocycles. The lowest BCUT2D eigenvalue weighted by Crippen LogP contribution is -2.30. The van der Waals surface area contributed by atoms with Crippen LogP contribution in [0.3, 0.4) is 0 Å². The molecule has 2 nitrogen and oxygen atoms in total. The van der Waals surface area contributed by atoms with Crippen LogP contribution in [0.2, 0.25) is 0 Å². The van der Waals surface area contributed by atoms with Gasteiger partial charge in [-0.2, -0.15) is 0 Å². The van der Waals surface area contributed by atoms with Crippen LogP contribution in [0.5, 0.6) is 0 Å². The zero-order valence-corrected chi connectivity index (χ0v) is 8.49. The van der Waals surface area contributed by atoms with E-state index in [2.05, 4.69) is 31.2 Å². The van der Waals surface area contributed by atoms with Gasteiger partial charge < -0.3 is 9.84 Å². The molecular weight excluding hydrogens is 176 g/mol. The molecule has 1 aromatic carbocycles. The first-order chi connectivity index (χ1) is 6.77. The zero-order valence-electron chi connectivity index (χ0n) is 8.49. The normalized spacial score (nSPS) is 26.7. The minimum Gasteiger partial charge on any atom is -0.395 e. The van der Waals surface area contributed by atoms with E-state index >= 15 is 0 Å². The second-order valence-electron chi connectivity index (χ2n) is 4.11. The second kappa shape index (κ2) is 3.71. The van der Waals surface area contributed by atoms with Crippen LogP contribution in [0, 0.1) is 6.92 Å². The number of hydrogen-bond donors (Lipinski definition) is 1. The maximum absolute atomic E-state index is 9.46. The number of benzene rings is 1. The number of aryl methyl sites for hydroxylation is 1. The lowest BCUT2D eigenvalue weighted by atomic mass is 9.80. The topological polar surface area (TPSA) is 29.5 Å². The van der Waals surface area contributed by atoms with E-state index < -0.39 is 0 Å². The predicted octanol–water partition coefficient (Wildman–Crippen LogP) is 1.65. The summed E-state index contributed by atoms with van der Waals surface area (Å²) in [6.45, 7) is 3.65. The zero-order chi connectivity index (χ0) is 10.0. The van der Waals surface area contributed by atoms with Gasteiger partial charge in [0, 0.05) is 12.0 Å². The van der Waals surface area contributed by atoms with Gasteiger partial charge in [0.1, 0.15) is 0 Å². The van der Waals surface area contributed by atoms with Gasteiger partial charge >= 0.3 is 0 Å². The minimum absolute atomic E-state index is 0.145. The third kappa shape index (κ3) is 1.56. The summed E-state index contributed by atoms with van der Waals surface area (Å²) in [5, 5.41) is 9.46. The molecule has 0 spiro atoms. The predicted molar refractivity (Wildman–Crippen MR) is 55.4 cm³/mol. The van der Waals surface area contributed by atoms with Crippen LogP contribution in [-0.2, 0) is 10.2 Å². The van der Waals surface area contributed by atoms with Gasteiger partial charge in [-0.05, 0) is 18.9 Å². The van der Waals surface area contributed by atoms with E-state index in [9.17, 15) is 5.11 Å². The van der Waals surface area contributed by atoms with Crippen molar-refractivity contribution in [3.63, 3.8) is 0 Å². The first kappa shape index (κ1) is 9.69. The van der Waals surface area contributed by atoms with E-state index in [1.807, 2.05) is 0 Å². The molecule has 1 aromatic rings. The molecule has 1 N–H and O–H groups in total. The average Bonchev–Trinajstić information content (AvgIpc) is 2.68. The van der Waals surface area contributed by atoms with Gasteiger partial charge in [0.05, 0.1) is 13.2 Å². The Bertz CT molecular complexity index is 297. The monoisotopic (exact) mass is 192 g/mol. The summed E-state index contributed by atoms with van der Waals surface area (Å²) in [4.78, 5) is 0. The van der Waals surface area contributed by atoms with Crippen molar-refractivity contribution in [1.82, 2.24) is 0 Å². The maximum Gasteiger partial charge on any atom is 0.0585 e. The van der Waals surface area contributed by atoms with Gasteiger partial charge in [0.15, 0.2) is 0 Å². The van der Waals surface area contributed by atoms with E-state index in [1.165, 1.54) is 11.1 Å². The smallest absolute Gasteiger partial charge is 0.0585 e. The summed E-state index contributed by atoms with van der Waals surface area (Å²) >= 11 is 0. The van der Waals surface area contributed by atoms with Crippen molar-refractivity contribution in [3.8, 4) is 0 Å². The lowest BCUT2D eigenvalue weighted by Gasteiger charge is -2.25. The quantitative estimate of drug-likeness (QED) is 0.772. The van der Waals surface area contributed by atoms with Gasteiger partial charge in [-0.3, -0.25) is 0 Å². The minimum atomic E-state index is -0.145. The molecule has 1 heterocycles. The largest absolute Gasteiger partial charge is 0.395 e. The highest BCUT2D eigenvalue weighted by atomic mass is 16.5. The van der Waals surface area contributed by atoms with E-state index in [1.54, 1.807) is 0 Å². The molecule has 2 rings (SSSR count). The number of rotatable bonds is 2. The van der Waals surface area contributed by atoms with Crippen molar-refractivity contribution < 1.29 is 9.84 Å². The van der Waals surface area contributed by atoms with Gasteiger partial charge in [-0.15, -0.1) is 0 Å². The molecule has 1 fully saturated rings. The van der Waals surface area contributed by atoms with Gasteiger partial charge in [0.25, 0.3) is 0 Å². The molecule has 0 radical (unpaired) electrons. The molecule has 1 atom stereocenters. The molecule has 0 aromatic heterocycles. The molecule has 0 bridgehead atoms. The highest BCUT2D eigenvalue weighted by Gasteiger charge is 2.35. The Hall–Kier alpha value is -0.860. The summed E-state index contributed by atoms with van der Waals surface area (Å²) < 4.78 is 5.38. The Morgan fingerprint density at radius 2 is 2.07 bits per heavy atom.